The van der Waals surface area contributed by atoms with Crippen LogP contribution in [0, 0.1) is 5.92 Å². The molecule has 0 aromatic rings. The number of amides is 2. The molecule has 1 unspecified atom stereocenters. The first-order chi connectivity index (χ1) is 9.77. The quantitative estimate of drug-likeness (QED) is 0.560. The fraction of sp³-hybridized carbons (Fsp3) is 0.733. The van der Waals surface area contributed by atoms with Crippen molar-refractivity contribution in [2.45, 2.75) is 45.8 Å². The van der Waals surface area contributed by atoms with E-state index in [9.17, 15) is 9.59 Å². The fourth-order valence-corrected chi connectivity index (χ4v) is 5.41. The molecule has 6 heteroatoms. The van der Waals surface area contributed by atoms with Crippen molar-refractivity contribution < 1.29 is 14.7 Å². The molecule has 0 saturated carbocycles. The zero-order chi connectivity index (χ0) is 16.0. The molecule has 0 saturated heterocycles. The van der Waals surface area contributed by atoms with Crippen LogP contribution in [0.5, 0.6) is 0 Å². The molecule has 21 heavy (non-hydrogen) atoms. The standard InChI is InChI=1S/C15H28N2O3Si/c1-11-12(15(11)21(2,3)4)10-17-14(20)7-5-6-13(19)16-8-9-18/h12,18H,5-10H2,1-4H3,(H,16,19)(H,17,20). The van der Waals surface area contributed by atoms with Gasteiger partial charge in [-0.2, -0.15) is 0 Å². The van der Waals surface area contributed by atoms with Crippen LogP contribution < -0.4 is 10.6 Å². The van der Waals surface area contributed by atoms with E-state index in [0.29, 0.717) is 31.7 Å². The SMILES string of the molecule is CC1=C([Si](C)(C)C)C1CNC(=O)CCCC(=O)NCCO. The van der Waals surface area contributed by atoms with Gasteiger partial charge in [-0.25, -0.2) is 0 Å². The third-order valence-electron chi connectivity index (χ3n) is 3.77. The molecule has 2 amide bonds. The van der Waals surface area contributed by atoms with Gasteiger partial charge in [-0.05, 0) is 13.3 Å². The normalized spacial score (nSPS) is 17.7. The second-order valence-corrected chi connectivity index (χ2v) is 11.7. The van der Waals surface area contributed by atoms with E-state index in [4.69, 9.17) is 5.11 Å². The van der Waals surface area contributed by atoms with E-state index in [2.05, 4.69) is 37.2 Å². The largest absolute Gasteiger partial charge is 0.395 e. The smallest absolute Gasteiger partial charge is 0.220 e. The highest BCUT2D eigenvalue weighted by Gasteiger charge is 2.40. The first kappa shape index (κ1) is 17.9. The Labute approximate surface area is 128 Å². The van der Waals surface area contributed by atoms with Crippen molar-refractivity contribution in [3.8, 4) is 0 Å². The van der Waals surface area contributed by atoms with E-state index >= 15 is 0 Å². The Morgan fingerprint density at radius 3 is 2.19 bits per heavy atom. The van der Waals surface area contributed by atoms with Gasteiger partial charge in [-0.1, -0.05) is 30.4 Å². The van der Waals surface area contributed by atoms with E-state index < -0.39 is 8.07 Å². The summed E-state index contributed by atoms with van der Waals surface area (Å²) < 4.78 is 0. The number of aliphatic hydroxyl groups excluding tert-OH is 1. The van der Waals surface area contributed by atoms with Gasteiger partial charge >= 0.3 is 0 Å². The average molecular weight is 312 g/mol. The lowest BCUT2D eigenvalue weighted by Gasteiger charge is -2.14. The zero-order valence-electron chi connectivity index (χ0n) is 13.6. The van der Waals surface area contributed by atoms with Crippen molar-refractivity contribution in [3.05, 3.63) is 10.8 Å². The van der Waals surface area contributed by atoms with Crippen molar-refractivity contribution >= 4 is 19.9 Å². The molecule has 0 bridgehead atoms. The van der Waals surface area contributed by atoms with Gasteiger partial charge in [0.2, 0.25) is 11.8 Å². The first-order valence-electron chi connectivity index (χ1n) is 7.62. The van der Waals surface area contributed by atoms with Crippen molar-refractivity contribution in [3.63, 3.8) is 0 Å². The van der Waals surface area contributed by atoms with E-state index in [-0.39, 0.29) is 25.0 Å². The molecule has 0 aromatic carbocycles. The molecule has 0 radical (unpaired) electrons. The Bertz CT molecular complexity index is 427. The van der Waals surface area contributed by atoms with E-state index in [1.165, 1.54) is 5.57 Å². The number of aliphatic hydroxyl groups is 1. The van der Waals surface area contributed by atoms with Crippen molar-refractivity contribution in [2.75, 3.05) is 19.7 Å². The highest BCUT2D eigenvalue weighted by molar-refractivity contribution is 6.84. The Morgan fingerprint density at radius 1 is 1.14 bits per heavy atom. The molecule has 0 heterocycles. The van der Waals surface area contributed by atoms with Crippen LogP contribution in [-0.2, 0) is 9.59 Å². The number of carbonyl (C=O) groups is 2. The lowest BCUT2D eigenvalue weighted by molar-refractivity contribution is -0.122. The zero-order valence-corrected chi connectivity index (χ0v) is 14.6. The highest BCUT2D eigenvalue weighted by Crippen LogP contribution is 2.44. The first-order valence-corrected chi connectivity index (χ1v) is 11.1. The van der Waals surface area contributed by atoms with Crippen LogP contribution in [0.3, 0.4) is 0 Å². The number of rotatable bonds is 9. The second kappa shape index (κ2) is 7.75. The molecule has 1 rings (SSSR count). The van der Waals surface area contributed by atoms with Gasteiger partial charge in [0.25, 0.3) is 0 Å². The maximum atomic E-state index is 11.7. The Morgan fingerprint density at radius 2 is 1.71 bits per heavy atom. The minimum atomic E-state index is -1.22. The molecule has 120 valence electrons. The van der Waals surface area contributed by atoms with Crippen LogP contribution in [-0.4, -0.2) is 44.7 Å². The van der Waals surface area contributed by atoms with E-state index in [1.54, 1.807) is 5.20 Å². The van der Waals surface area contributed by atoms with Crippen LogP contribution in [0.4, 0.5) is 0 Å². The van der Waals surface area contributed by atoms with Crippen molar-refractivity contribution in [1.82, 2.24) is 10.6 Å². The van der Waals surface area contributed by atoms with Crippen molar-refractivity contribution in [2.24, 2.45) is 5.92 Å². The predicted molar refractivity (Wildman–Crippen MR) is 86.5 cm³/mol. The summed E-state index contributed by atoms with van der Waals surface area (Å²) >= 11 is 0. The Kier molecular flexibility index (Phi) is 6.61. The molecular weight excluding hydrogens is 284 g/mol. The van der Waals surface area contributed by atoms with Gasteiger partial charge in [-0.15, -0.1) is 0 Å². The molecular formula is C15H28N2O3Si. The average Bonchev–Trinajstić information content (AvgIpc) is 3.04. The monoisotopic (exact) mass is 312 g/mol. The molecule has 1 atom stereocenters. The molecule has 1 aliphatic carbocycles. The summed E-state index contributed by atoms with van der Waals surface area (Å²) in [6, 6.07) is 0. The number of carbonyl (C=O) groups excluding carboxylic acids is 2. The van der Waals surface area contributed by atoms with E-state index in [1.807, 2.05) is 0 Å². The summed E-state index contributed by atoms with van der Waals surface area (Å²) in [7, 11) is -1.22. The van der Waals surface area contributed by atoms with Crippen LogP contribution in [0.2, 0.25) is 19.6 Å². The summed E-state index contributed by atoms with van der Waals surface area (Å²) in [5.41, 5.74) is 1.46. The number of hydrogen-bond acceptors (Lipinski definition) is 3. The van der Waals surface area contributed by atoms with Gasteiger partial charge in [0.15, 0.2) is 0 Å². The van der Waals surface area contributed by atoms with Gasteiger partial charge in [0.05, 0.1) is 14.7 Å². The summed E-state index contributed by atoms with van der Waals surface area (Å²) in [6.45, 7) is 10.1. The highest BCUT2D eigenvalue weighted by atomic mass is 28.3. The topological polar surface area (TPSA) is 78.4 Å². The third-order valence-corrected chi connectivity index (χ3v) is 6.12. The maximum absolute atomic E-state index is 11.7. The summed E-state index contributed by atoms with van der Waals surface area (Å²) in [4.78, 5) is 23.0. The minimum Gasteiger partial charge on any atom is -0.395 e. The number of hydrogen-bond donors (Lipinski definition) is 3. The summed E-state index contributed by atoms with van der Waals surface area (Å²) in [5.74, 6) is 0.380. The third kappa shape index (κ3) is 6.01. The van der Waals surface area contributed by atoms with Crippen LogP contribution in [0.15, 0.2) is 10.8 Å². The van der Waals surface area contributed by atoms with Gasteiger partial charge in [0, 0.05) is 31.8 Å². The molecule has 1 aliphatic rings. The predicted octanol–water partition coefficient (Wildman–Crippen LogP) is 1.21. The van der Waals surface area contributed by atoms with Crippen LogP contribution in [0.25, 0.3) is 0 Å². The van der Waals surface area contributed by atoms with Crippen LogP contribution >= 0.6 is 0 Å². The minimum absolute atomic E-state index is 0.0135. The van der Waals surface area contributed by atoms with Gasteiger partial charge < -0.3 is 15.7 Å². The number of nitrogens with one attached hydrogen (secondary N) is 2. The van der Waals surface area contributed by atoms with Gasteiger partial charge in [-0.3, -0.25) is 9.59 Å². The Balaban J connectivity index is 2.12. The van der Waals surface area contributed by atoms with Crippen LogP contribution in [0.1, 0.15) is 26.2 Å². The molecule has 3 N–H and O–H groups in total. The van der Waals surface area contributed by atoms with E-state index in [0.717, 1.165) is 0 Å². The molecule has 0 aliphatic heterocycles. The molecule has 5 nitrogen and oxygen atoms in total. The second-order valence-electron chi connectivity index (χ2n) is 6.63. The van der Waals surface area contributed by atoms with Crippen molar-refractivity contribution in [1.29, 1.82) is 0 Å². The summed E-state index contributed by atoms with van der Waals surface area (Å²) in [5, 5.41) is 15.7. The molecule has 0 fully saturated rings. The molecule has 0 aromatic heterocycles. The van der Waals surface area contributed by atoms with Gasteiger partial charge in [0.1, 0.15) is 0 Å². The lowest BCUT2D eigenvalue weighted by atomic mass is 10.2. The Hall–Kier alpha value is -1.14. The molecule has 0 spiro atoms. The maximum Gasteiger partial charge on any atom is 0.220 e. The lowest BCUT2D eigenvalue weighted by Crippen LogP contribution is -2.30. The summed E-state index contributed by atoms with van der Waals surface area (Å²) in [6.07, 6.45) is 1.25. The fourth-order valence-electron chi connectivity index (χ4n) is 2.76.